The highest BCUT2D eigenvalue weighted by Gasteiger charge is 2.20. The lowest BCUT2D eigenvalue weighted by Crippen LogP contribution is -2.21. The molecule has 0 aromatic carbocycles. The molecule has 0 bridgehead atoms. The molecule has 1 heterocycles. The van der Waals surface area contributed by atoms with E-state index in [1.54, 1.807) is 0 Å². The van der Waals surface area contributed by atoms with Crippen molar-refractivity contribution < 1.29 is 14.7 Å². The molecule has 0 spiro atoms. The molecule has 1 aliphatic heterocycles. The maximum Gasteiger partial charge on any atom is 0.330 e. The zero-order valence-electron chi connectivity index (χ0n) is 5.25. The van der Waals surface area contributed by atoms with Crippen LogP contribution in [0.2, 0.25) is 0 Å². The van der Waals surface area contributed by atoms with Crippen LogP contribution in [0.5, 0.6) is 0 Å². The Bertz CT molecular complexity index is 271. The van der Waals surface area contributed by atoms with Crippen molar-refractivity contribution in [3.8, 4) is 0 Å². The van der Waals surface area contributed by atoms with Crippen LogP contribution in [0, 0.1) is 0 Å². The highest BCUT2D eigenvalue weighted by Crippen LogP contribution is 1.96. The van der Waals surface area contributed by atoms with Crippen LogP contribution in [0.15, 0.2) is 11.8 Å². The normalized spacial score (nSPS) is 19.8. The van der Waals surface area contributed by atoms with Gasteiger partial charge in [-0.15, -0.1) is 0 Å². The summed E-state index contributed by atoms with van der Waals surface area (Å²) in [5.74, 6) is -1.70. The van der Waals surface area contributed by atoms with Gasteiger partial charge in [-0.1, -0.05) is 0 Å². The van der Waals surface area contributed by atoms with Crippen molar-refractivity contribution in [3.63, 3.8) is 0 Å². The van der Waals surface area contributed by atoms with Gasteiger partial charge < -0.3 is 10.4 Å². The molecular weight excluding hydrogens is 168 g/mol. The number of aliphatic carboxylic acids is 1. The van der Waals surface area contributed by atoms with E-state index in [-0.39, 0.29) is 10.8 Å². The van der Waals surface area contributed by atoms with Gasteiger partial charge in [-0.3, -0.25) is 10.1 Å². The Kier molecular flexibility index (Phi) is 1.86. The summed E-state index contributed by atoms with van der Waals surface area (Å²) < 4.78 is 0. The molecule has 0 unspecified atom stereocenters. The largest absolute Gasteiger partial charge is 0.478 e. The lowest BCUT2D eigenvalue weighted by atomic mass is 10.4. The van der Waals surface area contributed by atoms with Crippen LogP contribution in [0.25, 0.3) is 0 Å². The first kappa shape index (κ1) is 7.67. The quantitative estimate of drug-likeness (QED) is 0.348. The lowest BCUT2D eigenvalue weighted by Gasteiger charge is -1.88. The molecule has 1 rings (SSSR count). The van der Waals surface area contributed by atoms with E-state index in [4.69, 9.17) is 5.11 Å². The number of carbonyl (C=O) groups is 2. The molecule has 1 fully saturated rings. The number of nitrogens with one attached hydrogen (secondary N) is 2. The van der Waals surface area contributed by atoms with Crippen molar-refractivity contribution in [1.82, 2.24) is 10.6 Å². The third kappa shape index (κ3) is 1.74. The molecule has 0 saturated carbocycles. The van der Waals surface area contributed by atoms with Crippen molar-refractivity contribution in [2.45, 2.75) is 0 Å². The van der Waals surface area contributed by atoms with Gasteiger partial charge >= 0.3 is 5.97 Å². The number of carbonyl (C=O) groups excluding carboxylic acids is 1. The second-order valence-electron chi connectivity index (χ2n) is 1.80. The van der Waals surface area contributed by atoms with Crippen LogP contribution in [-0.2, 0) is 9.59 Å². The van der Waals surface area contributed by atoms with E-state index in [9.17, 15) is 9.59 Å². The molecule has 1 amide bonds. The van der Waals surface area contributed by atoms with Crippen molar-refractivity contribution in [2.75, 3.05) is 0 Å². The Morgan fingerprint density at radius 3 is 2.55 bits per heavy atom. The van der Waals surface area contributed by atoms with Crippen LogP contribution in [0.4, 0.5) is 0 Å². The molecule has 0 aliphatic carbocycles. The van der Waals surface area contributed by atoms with Gasteiger partial charge in [0, 0.05) is 0 Å². The number of hydrogen-bond acceptors (Lipinski definition) is 3. The Balaban J connectivity index is 2.83. The first-order chi connectivity index (χ1) is 5.09. The average Bonchev–Trinajstić information content (AvgIpc) is 2.09. The second kappa shape index (κ2) is 2.67. The summed E-state index contributed by atoms with van der Waals surface area (Å²) in [7, 11) is 0. The molecule has 6 heteroatoms. The van der Waals surface area contributed by atoms with Crippen LogP contribution in [0.3, 0.4) is 0 Å². The molecule has 0 atom stereocenters. The van der Waals surface area contributed by atoms with E-state index >= 15 is 0 Å². The molecule has 0 radical (unpaired) electrons. The fourth-order valence-electron chi connectivity index (χ4n) is 0.606. The minimum atomic E-state index is -1.19. The first-order valence-corrected chi connectivity index (χ1v) is 3.07. The zero-order valence-corrected chi connectivity index (χ0v) is 6.07. The first-order valence-electron chi connectivity index (χ1n) is 2.66. The topological polar surface area (TPSA) is 78.4 Å². The summed E-state index contributed by atoms with van der Waals surface area (Å²) in [6.45, 7) is 0. The van der Waals surface area contributed by atoms with Gasteiger partial charge in [0.15, 0.2) is 5.11 Å². The molecular formula is C5H4N2O3S. The maximum atomic E-state index is 10.7. The highest BCUT2D eigenvalue weighted by atomic mass is 32.1. The van der Waals surface area contributed by atoms with Crippen molar-refractivity contribution in [1.29, 1.82) is 0 Å². The van der Waals surface area contributed by atoms with E-state index < -0.39 is 11.9 Å². The van der Waals surface area contributed by atoms with E-state index in [0.29, 0.717) is 0 Å². The number of amides is 1. The highest BCUT2D eigenvalue weighted by molar-refractivity contribution is 7.80. The van der Waals surface area contributed by atoms with E-state index in [0.717, 1.165) is 6.08 Å². The smallest absolute Gasteiger partial charge is 0.330 e. The minimum absolute atomic E-state index is 0.0394. The Labute approximate surface area is 67.1 Å². The third-order valence-corrected chi connectivity index (χ3v) is 1.19. The molecule has 1 aliphatic rings. The minimum Gasteiger partial charge on any atom is -0.478 e. The third-order valence-electron chi connectivity index (χ3n) is 0.988. The summed E-state index contributed by atoms with van der Waals surface area (Å²) in [4.78, 5) is 20.8. The molecule has 0 aromatic heterocycles. The fourth-order valence-corrected chi connectivity index (χ4v) is 0.809. The summed E-state index contributed by atoms with van der Waals surface area (Å²) in [6, 6.07) is 0. The lowest BCUT2D eigenvalue weighted by molar-refractivity contribution is -0.131. The number of carboxylic acids is 1. The van der Waals surface area contributed by atoms with E-state index in [1.165, 1.54) is 0 Å². The summed E-state index contributed by atoms with van der Waals surface area (Å²) in [6.07, 6.45) is 0.759. The summed E-state index contributed by atoms with van der Waals surface area (Å²) in [5.41, 5.74) is -0.0394. The standard InChI is InChI=1S/C5H4N2O3S/c8-3(9)1-2-4(10)7-5(11)6-2/h1H,(H,8,9)(H2,6,7,10,11)/b2-1+. The number of thiocarbonyl (C=S) groups is 1. The van der Waals surface area contributed by atoms with E-state index in [2.05, 4.69) is 22.9 Å². The van der Waals surface area contributed by atoms with Gasteiger partial charge in [-0.2, -0.15) is 0 Å². The summed E-state index contributed by atoms with van der Waals surface area (Å²) in [5, 5.41) is 13.0. The van der Waals surface area contributed by atoms with Gasteiger partial charge in [-0.25, -0.2) is 4.79 Å². The molecule has 11 heavy (non-hydrogen) atoms. The number of carboxylic acid groups (broad SMARTS) is 1. The van der Waals surface area contributed by atoms with Gasteiger partial charge in [0.25, 0.3) is 5.91 Å². The monoisotopic (exact) mass is 172 g/mol. The average molecular weight is 172 g/mol. The van der Waals surface area contributed by atoms with Crippen LogP contribution in [-0.4, -0.2) is 22.1 Å². The molecule has 0 aromatic rings. The fraction of sp³-hybridized carbons (Fsp3) is 0. The van der Waals surface area contributed by atoms with Gasteiger partial charge in [0.1, 0.15) is 5.70 Å². The predicted octanol–water partition coefficient (Wildman–Crippen LogP) is -1.04. The maximum absolute atomic E-state index is 10.7. The van der Waals surface area contributed by atoms with Crippen molar-refractivity contribution in [2.24, 2.45) is 0 Å². The van der Waals surface area contributed by atoms with Crippen LogP contribution in [0.1, 0.15) is 0 Å². The number of hydrogen-bond donors (Lipinski definition) is 3. The molecule has 5 nitrogen and oxygen atoms in total. The van der Waals surface area contributed by atoms with Gasteiger partial charge in [-0.05, 0) is 12.2 Å². The van der Waals surface area contributed by atoms with Crippen LogP contribution < -0.4 is 10.6 Å². The Morgan fingerprint density at radius 1 is 1.55 bits per heavy atom. The Morgan fingerprint density at radius 2 is 2.18 bits per heavy atom. The van der Waals surface area contributed by atoms with E-state index in [1.807, 2.05) is 0 Å². The van der Waals surface area contributed by atoms with Gasteiger partial charge in [0.05, 0.1) is 6.08 Å². The molecule has 3 N–H and O–H groups in total. The predicted molar refractivity (Wildman–Crippen MR) is 39.6 cm³/mol. The van der Waals surface area contributed by atoms with Gasteiger partial charge in [0.2, 0.25) is 0 Å². The second-order valence-corrected chi connectivity index (χ2v) is 2.21. The zero-order chi connectivity index (χ0) is 8.43. The summed E-state index contributed by atoms with van der Waals surface area (Å²) >= 11 is 4.55. The number of rotatable bonds is 1. The molecule has 1 saturated heterocycles. The molecule has 58 valence electrons. The Hall–Kier alpha value is -1.43. The van der Waals surface area contributed by atoms with Crippen molar-refractivity contribution in [3.05, 3.63) is 11.8 Å². The van der Waals surface area contributed by atoms with Crippen molar-refractivity contribution >= 4 is 29.2 Å². The SMILES string of the molecule is O=C(O)/C=C1/NC(=S)NC1=O. The van der Waals surface area contributed by atoms with Crippen LogP contribution >= 0.6 is 12.2 Å².